The molecule has 3 rings (SSSR count). The number of hydrogen-bond donors (Lipinski definition) is 2. The number of halogens is 1. The molecule has 3 atom stereocenters. The Balaban J connectivity index is 0.00000192. The van der Waals surface area contributed by atoms with E-state index >= 15 is 0 Å². The van der Waals surface area contributed by atoms with E-state index in [1.165, 1.54) is 30.5 Å². The Morgan fingerprint density at radius 1 is 1.39 bits per heavy atom. The van der Waals surface area contributed by atoms with Crippen molar-refractivity contribution < 1.29 is 0 Å². The molecule has 2 fully saturated rings. The highest BCUT2D eigenvalue weighted by Crippen LogP contribution is 2.41. The van der Waals surface area contributed by atoms with Gasteiger partial charge in [0.25, 0.3) is 0 Å². The van der Waals surface area contributed by atoms with Crippen LogP contribution < -0.4 is 11.1 Å². The van der Waals surface area contributed by atoms with E-state index < -0.39 is 0 Å². The molecule has 1 aromatic rings. The molecule has 1 aromatic carbocycles. The van der Waals surface area contributed by atoms with Crippen LogP contribution in [-0.2, 0) is 0 Å². The Kier molecular flexibility index (Phi) is 6.71. The molecular formula is C18H29IN4. The molecule has 3 unspecified atom stereocenters. The van der Waals surface area contributed by atoms with E-state index in [1.54, 1.807) is 0 Å². The number of benzene rings is 1. The number of aliphatic imine (C=N–C) groups is 1. The molecule has 1 heterocycles. The molecule has 0 aromatic heterocycles. The quantitative estimate of drug-likeness (QED) is 0.431. The SMILES string of the molecule is CCN1CCCC1CN=C(N)NC1CC1c1ccccc1C.I. The maximum atomic E-state index is 6.08. The second-order valence-electron chi connectivity index (χ2n) is 6.60. The lowest BCUT2D eigenvalue weighted by Gasteiger charge is -2.21. The van der Waals surface area contributed by atoms with Gasteiger partial charge in [-0.3, -0.25) is 9.89 Å². The molecule has 0 amide bonds. The van der Waals surface area contributed by atoms with Gasteiger partial charge in [0.05, 0.1) is 6.54 Å². The Morgan fingerprint density at radius 3 is 2.91 bits per heavy atom. The van der Waals surface area contributed by atoms with Gasteiger partial charge in [0.1, 0.15) is 0 Å². The number of likely N-dealkylation sites (tertiary alicyclic amines) is 1. The summed E-state index contributed by atoms with van der Waals surface area (Å²) in [5.41, 5.74) is 8.90. The standard InChI is InChI=1S/C18H28N4.HI/c1-3-22-10-6-8-14(22)12-20-18(19)21-17-11-16(17)15-9-5-4-7-13(15)2;/h4-5,7,9,14,16-17H,3,6,8,10-12H2,1-2H3,(H3,19,20,21);1H. The fourth-order valence-electron chi connectivity index (χ4n) is 3.66. The average Bonchev–Trinajstić information content (AvgIpc) is 3.11. The molecule has 0 bridgehead atoms. The fraction of sp³-hybridized carbons (Fsp3) is 0.611. The maximum Gasteiger partial charge on any atom is 0.188 e. The number of aryl methyl sites for hydroxylation is 1. The first-order chi connectivity index (χ1) is 10.7. The van der Waals surface area contributed by atoms with Gasteiger partial charge in [-0.15, -0.1) is 24.0 Å². The van der Waals surface area contributed by atoms with E-state index in [2.05, 4.69) is 53.3 Å². The van der Waals surface area contributed by atoms with Gasteiger partial charge >= 0.3 is 0 Å². The summed E-state index contributed by atoms with van der Waals surface area (Å²) in [5.74, 6) is 1.21. The van der Waals surface area contributed by atoms with Gasteiger partial charge in [-0.05, 0) is 50.4 Å². The fourth-order valence-corrected chi connectivity index (χ4v) is 3.66. The van der Waals surface area contributed by atoms with E-state index in [0.29, 0.717) is 24.0 Å². The molecule has 4 nitrogen and oxygen atoms in total. The molecule has 1 saturated heterocycles. The van der Waals surface area contributed by atoms with Crippen LogP contribution in [0.1, 0.15) is 43.2 Å². The number of hydrogen-bond acceptors (Lipinski definition) is 2. The first kappa shape index (κ1) is 18.5. The predicted molar refractivity (Wildman–Crippen MR) is 108 cm³/mol. The molecule has 23 heavy (non-hydrogen) atoms. The molecule has 3 N–H and O–H groups in total. The summed E-state index contributed by atoms with van der Waals surface area (Å²) in [6.45, 7) is 7.56. The lowest BCUT2D eigenvalue weighted by Crippen LogP contribution is -2.37. The van der Waals surface area contributed by atoms with Gasteiger partial charge in [0.2, 0.25) is 0 Å². The third-order valence-electron chi connectivity index (χ3n) is 5.09. The van der Waals surface area contributed by atoms with Gasteiger partial charge < -0.3 is 11.1 Å². The van der Waals surface area contributed by atoms with E-state index in [-0.39, 0.29) is 24.0 Å². The lowest BCUT2D eigenvalue weighted by atomic mass is 10.0. The van der Waals surface area contributed by atoms with Crippen LogP contribution in [0.15, 0.2) is 29.3 Å². The van der Waals surface area contributed by atoms with Crippen molar-refractivity contribution in [2.75, 3.05) is 19.6 Å². The highest BCUT2D eigenvalue weighted by molar-refractivity contribution is 14.0. The Labute approximate surface area is 156 Å². The third-order valence-corrected chi connectivity index (χ3v) is 5.09. The van der Waals surface area contributed by atoms with Crippen LogP contribution in [0.3, 0.4) is 0 Å². The predicted octanol–water partition coefficient (Wildman–Crippen LogP) is 2.86. The Hall–Kier alpha value is -0.820. The average molecular weight is 428 g/mol. The molecule has 1 aliphatic heterocycles. The van der Waals surface area contributed by atoms with Crippen LogP contribution in [0.2, 0.25) is 0 Å². The van der Waals surface area contributed by atoms with Crippen molar-refractivity contribution >= 4 is 29.9 Å². The summed E-state index contributed by atoms with van der Waals surface area (Å²) in [7, 11) is 0. The van der Waals surface area contributed by atoms with Crippen molar-refractivity contribution in [1.82, 2.24) is 10.2 Å². The summed E-state index contributed by atoms with van der Waals surface area (Å²) in [4.78, 5) is 7.08. The van der Waals surface area contributed by atoms with E-state index in [1.807, 2.05) is 0 Å². The van der Waals surface area contributed by atoms with Crippen molar-refractivity contribution in [3.05, 3.63) is 35.4 Å². The molecule has 0 spiro atoms. The minimum absolute atomic E-state index is 0. The van der Waals surface area contributed by atoms with Gasteiger partial charge in [-0.2, -0.15) is 0 Å². The summed E-state index contributed by atoms with van der Waals surface area (Å²) in [6.07, 6.45) is 3.70. The van der Waals surface area contributed by atoms with Crippen LogP contribution in [-0.4, -0.2) is 42.6 Å². The molecule has 1 saturated carbocycles. The smallest absolute Gasteiger partial charge is 0.188 e. The van der Waals surface area contributed by atoms with Crippen molar-refractivity contribution in [2.45, 2.75) is 51.1 Å². The molecular weight excluding hydrogens is 399 g/mol. The lowest BCUT2D eigenvalue weighted by molar-refractivity contribution is 0.273. The highest BCUT2D eigenvalue weighted by Gasteiger charge is 2.39. The maximum absolute atomic E-state index is 6.08. The van der Waals surface area contributed by atoms with E-state index in [0.717, 1.165) is 19.5 Å². The molecule has 128 valence electrons. The van der Waals surface area contributed by atoms with Gasteiger partial charge in [-0.25, -0.2) is 0 Å². The highest BCUT2D eigenvalue weighted by atomic mass is 127. The van der Waals surface area contributed by atoms with Crippen molar-refractivity contribution in [2.24, 2.45) is 10.7 Å². The second kappa shape index (κ2) is 8.33. The Bertz CT molecular complexity index is 546. The van der Waals surface area contributed by atoms with E-state index in [9.17, 15) is 0 Å². The van der Waals surface area contributed by atoms with Crippen LogP contribution in [0.5, 0.6) is 0 Å². The summed E-state index contributed by atoms with van der Waals surface area (Å²) in [5, 5.41) is 3.40. The molecule has 1 aliphatic carbocycles. The number of likely N-dealkylation sites (N-methyl/N-ethyl adjacent to an activating group) is 1. The van der Waals surface area contributed by atoms with Crippen LogP contribution >= 0.6 is 24.0 Å². The first-order valence-corrected chi connectivity index (χ1v) is 8.55. The van der Waals surface area contributed by atoms with Gasteiger partial charge in [0.15, 0.2) is 5.96 Å². The van der Waals surface area contributed by atoms with Crippen LogP contribution in [0, 0.1) is 6.92 Å². The third kappa shape index (κ3) is 4.59. The molecule has 0 radical (unpaired) electrons. The molecule has 2 aliphatic rings. The zero-order valence-electron chi connectivity index (χ0n) is 14.2. The first-order valence-electron chi connectivity index (χ1n) is 8.55. The minimum atomic E-state index is 0. The zero-order valence-corrected chi connectivity index (χ0v) is 16.5. The summed E-state index contributed by atoms with van der Waals surface area (Å²) in [6, 6.07) is 9.66. The number of nitrogens with zero attached hydrogens (tertiary/aromatic N) is 2. The minimum Gasteiger partial charge on any atom is -0.370 e. The van der Waals surface area contributed by atoms with Gasteiger partial charge in [-0.1, -0.05) is 31.2 Å². The zero-order chi connectivity index (χ0) is 15.5. The van der Waals surface area contributed by atoms with Crippen LogP contribution in [0.25, 0.3) is 0 Å². The normalized spacial score (nSPS) is 27.6. The number of guanidine groups is 1. The van der Waals surface area contributed by atoms with E-state index in [4.69, 9.17) is 5.73 Å². The summed E-state index contributed by atoms with van der Waals surface area (Å²) < 4.78 is 0. The largest absolute Gasteiger partial charge is 0.370 e. The van der Waals surface area contributed by atoms with Crippen molar-refractivity contribution in [3.8, 4) is 0 Å². The van der Waals surface area contributed by atoms with Crippen molar-refractivity contribution in [1.29, 1.82) is 0 Å². The van der Waals surface area contributed by atoms with Crippen molar-refractivity contribution in [3.63, 3.8) is 0 Å². The van der Waals surface area contributed by atoms with Gasteiger partial charge in [0, 0.05) is 18.0 Å². The monoisotopic (exact) mass is 428 g/mol. The molecule has 5 heteroatoms. The Morgan fingerprint density at radius 2 is 2.17 bits per heavy atom. The number of rotatable bonds is 5. The van der Waals surface area contributed by atoms with Crippen LogP contribution in [0.4, 0.5) is 0 Å². The second-order valence-corrected chi connectivity index (χ2v) is 6.60. The number of nitrogens with two attached hydrogens (primary N) is 1. The number of nitrogens with one attached hydrogen (secondary N) is 1. The topological polar surface area (TPSA) is 53.6 Å². The summed E-state index contributed by atoms with van der Waals surface area (Å²) >= 11 is 0.